The molecule has 31 heavy (non-hydrogen) atoms. The van der Waals surface area contributed by atoms with Crippen molar-refractivity contribution in [2.24, 2.45) is 4.99 Å². The summed E-state index contributed by atoms with van der Waals surface area (Å²) < 4.78 is 7.50. The van der Waals surface area contributed by atoms with Crippen molar-refractivity contribution in [1.82, 2.24) is 9.55 Å². The van der Waals surface area contributed by atoms with E-state index in [9.17, 15) is 4.79 Å². The number of benzene rings is 2. The summed E-state index contributed by atoms with van der Waals surface area (Å²) in [4.78, 5) is 22.0. The number of nitrogens with one attached hydrogen (secondary N) is 1. The van der Waals surface area contributed by atoms with Gasteiger partial charge in [0.25, 0.3) is 0 Å². The Labute approximate surface area is 183 Å². The Bertz CT molecular complexity index is 1320. The average molecular weight is 429 g/mol. The summed E-state index contributed by atoms with van der Waals surface area (Å²) in [7, 11) is 1.65. The van der Waals surface area contributed by atoms with Gasteiger partial charge in [-0.1, -0.05) is 18.2 Å². The number of carbonyl (C=O) groups excluding carboxylic acids is 1. The lowest BCUT2D eigenvalue weighted by Gasteiger charge is -2.10. The number of aromatic nitrogens is 2. The quantitative estimate of drug-likeness (QED) is 0.512. The standard InChI is InChI=1S/C24H20N4O2S/c1-30-20-7-4-6-18(13-20)26-24-28(14-19-5-2-3-10-25-19)22(15-31-24)16-8-9-21-17(11-16)12-23(29)27-21/h2-11,13,15H,12,14H2,1H3,(H,27,29). The smallest absolute Gasteiger partial charge is 0.228 e. The number of fused-ring (bicyclic) bond motifs is 1. The van der Waals surface area contributed by atoms with Crippen molar-refractivity contribution in [1.29, 1.82) is 0 Å². The normalized spacial score (nSPS) is 13.2. The third kappa shape index (κ3) is 4.00. The van der Waals surface area contributed by atoms with Crippen LogP contribution in [-0.4, -0.2) is 22.6 Å². The van der Waals surface area contributed by atoms with E-state index in [1.165, 1.54) is 0 Å². The van der Waals surface area contributed by atoms with Crippen molar-refractivity contribution in [3.63, 3.8) is 0 Å². The highest BCUT2D eigenvalue weighted by Crippen LogP contribution is 2.30. The first-order valence-corrected chi connectivity index (χ1v) is 10.8. The largest absolute Gasteiger partial charge is 0.497 e. The molecule has 2 aromatic heterocycles. The van der Waals surface area contributed by atoms with Gasteiger partial charge in [-0.2, -0.15) is 0 Å². The number of anilines is 1. The lowest BCUT2D eigenvalue weighted by molar-refractivity contribution is -0.115. The van der Waals surface area contributed by atoms with Crippen LogP contribution in [0.1, 0.15) is 11.3 Å². The number of pyridine rings is 1. The van der Waals surface area contributed by atoms with Gasteiger partial charge in [-0.15, -0.1) is 11.3 Å². The molecule has 7 heteroatoms. The van der Waals surface area contributed by atoms with E-state index in [0.717, 1.165) is 44.4 Å². The lowest BCUT2D eigenvalue weighted by Crippen LogP contribution is -2.17. The minimum absolute atomic E-state index is 0.0348. The molecule has 4 aromatic rings. The third-order valence-corrected chi connectivity index (χ3v) is 6.01. The van der Waals surface area contributed by atoms with Crippen LogP contribution in [0.15, 0.2) is 77.2 Å². The van der Waals surface area contributed by atoms with Gasteiger partial charge in [0.05, 0.1) is 37.2 Å². The number of amides is 1. The summed E-state index contributed by atoms with van der Waals surface area (Å²) in [6, 6.07) is 19.7. The Kier molecular flexibility index (Phi) is 5.09. The second-order valence-electron chi connectivity index (χ2n) is 7.22. The molecule has 2 aromatic carbocycles. The Morgan fingerprint density at radius 2 is 2.10 bits per heavy atom. The second kappa shape index (κ2) is 8.20. The van der Waals surface area contributed by atoms with Gasteiger partial charge < -0.3 is 14.6 Å². The first-order valence-electron chi connectivity index (χ1n) is 9.90. The molecule has 3 heterocycles. The highest BCUT2D eigenvalue weighted by atomic mass is 32.1. The molecule has 0 saturated carbocycles. The van der Waals surface area contributed by atoms with Gasteiger partial charge in [0.2, 0.25) is 5.91 Å². The van der Waals surface area contributed by atoms with E-state index in [4.69, 9.17) is 9.73 Å². The van der Waals surface area contributed by atoms with Gasteiger partial charge in [-0.3, -0.25) is 9.78 Å². The third-order valence-electron chi connectivity index (χ3n) is 5.15. The van der Waals surface area contributed by atoms with E-state index in [-0.39, 0.29) is 5.91 Å². The van der Waals surface area contributed by atoms with Crippen LogP contribution in [-0.2, 0) is 17.8 Å². The van der Waals surface area contributed by atoms with Crippen molar-refractivity contribution in [2.45, 2.75) is 13.0 Å². The van der Waals surface area contributed by atoms with Crippen molar-refractivity contribution in [3.8, 4) is 17.0 Å². The number of ether oxygens (including phenoxy) is 1. The van der Waals surface area contributed by atoms with Crippen molar-refractivity contribution < 1.29 is 9.53 Å². The van der Waals surface area contributed by atoms with Crippen LogP contribution in [0.2, 0.25) is 0 Å². The minimum atomic E-state index is 0.0348. The highest BCUT2D eigenvalue weighted by Gasteiger charge is 2.19. The van der Waals surface area contributed by atoms with Crippen molar-refractivity contribution in [3.05, 3.63) is 88.3 Å². The SMILES string of the molecule is COc1cccc(N=c2scc(-c3ccc4c(c3)CC(=O)N4)n2Cc2ccccn2)c1. The summed E-state index contributed by atoms with van der Waals surface area (Å²) in [5.41, 5.74) is 5.78. The fourth-order valence-electron chi connectivity index (χ4n) is 3.63. The number of methoxy groups -OCH3 is 1. The Balaban J connectivity index is 1.63. The Morgan fingerprint density at radius 1 is 1.16 bits per heavy atom. The van der Waals surface area contributed by atoms with E-state index in [0.29, 0.717) is 13.0 Å². The molecule has 1 N–H and O–H groups in total. The van der Waals surface area contributed by atoms with Crippen molar-refractivity contribution in [2.75, 3.05) is 12.4 Å². The van der Waals surface area contributed by atoms with Crippen LogP contribution in [0, 0.1) is 0 Å². The summed E-state index contributed by atoms with van der Waals surface area (Å²) in [5, 5.41) is 5.00. The van der Waals surface area contributed by atoms with E-state index in [1.807, 2.05) is 54.6 Å². The maximum Gasteiger partial charge on any atom is 0.228 e. The topological polar surface area (TPSA) is 68.5 Å². The van der Waals surface area contributed by atoms with E-state index < -0.39 is 0 Å². The van der Waals surface area contributed by atoms with Gasteiger partial charge in [-0.05, 0) is 47.5 Å². The van der Waals surface area contributed by atoms with Gasteiger partial charge in [0.1, 0.15) is 5.75 Å². The zero-order valence-corrected chi connectivity index (χ0v) is 17.7. The molecule has 0 spiro atoms. The molecule has 5 rings (SSSR count). The zero-order valence-electron chi connectivity index (χ0n) is 16.9. The van der Waals surface area contributed by atoms with Crippen LogP contribution in [0.25, 0.3) is 11.3 Å². The van der Waals surface area contributed by atoms with Crippen molar-refractivity contribution >= 4 is 28.6 Å². The molecule has 1 aliphatic rings. The van der Waals surface area contributed by atoms with E-state index in [2.05, 4.69) is 26.3 Å². The molecule has 1 amide bonds. The van der Waals surface area contributed by atoms with Gasteiger partial charge >= 0.3 is 0 Å². The zero-order chi connectivity index (χ0) is 21.2. The molecule has 1 aliphatic heterocycles. The fraction of sp³-hybridized carbons (Fsp3) is 0.125. The van der Waals surface area contributed by atoms with E-state index in [1.54, 1.807) is 24.6 Å². The van der Waals surface area contributed by atoms with Gasteiger partial charge in [0, 0.05) is 23.3 Å². The van der Waals surface area contributed by atoms with Crippen LogP contribution in [0.4, 0.5) is 11.4 Å². The first kappa shape index (κ1) is 19.3. The molecule has 154 valence electrons. The molecule has 6 nitrogen and oxygen atoms in total. The first-order chi connectivity index (χ1) is 15.2. The number of carbonyl (C=O) groups is 1. The van der Waals surface area contributed by atoms with Crippen LogP contribution < -0.4 is 14.9 Å². The molecular weight excluding hydrogens is 408 g/mol. The Morgan fingerprint density at radius 3 is 2.94 bits per heavy atom. The molecule has 0 aliphatic carbocycles. The van der Waals surface area contributed by atoms with E-state index >= 15 is 0 Å². The van der Waals surface area contributed by atoms with Crippen LogP contribution >= 0.6 is 11.3 Å². The lowest BCUT2D eigenvalue weighted by atomic mass is 10.1. The maximum absolute atomic E-state index is 11.8. The Hall–Kier alpha value is -3.71. The maximum atomic E-state index is 11.8. The minimum Gasteiger partial charge on any atom is -0.497 e. The number of hydrogen-bond donors (Lipinski definition) is 1. The second-order valence-corrected chi connectivity index (χ2v) is 8.06. The molecule has 0 bridgehead atoms. The molecule has 0 saturated heterocycles. The number of nitrogens with zero attached hydrogens (tertiary/aromatic N) is 3. The molecule has 0 unspecified atom stereocenters. The highest BCUT2D eigenvalue weighted by molar-refractivity contribution is 7.07. The predicted molar refractivity (Wildman–Crippen MR) is 122 cm³/mol. The monoisotopic (exact) mass is 428 g/mol. The molecular formula is C24H20N4O2S. The summed E-state index contributed by atoms with van der Waals surface area (Å²) >= 11 is 1.58. The fourth-order valence-corrected chi connectivity index (χ4v) is 4.56. The molecule has 0 radical (unpaired) electrons. The summed E-state index contributed by atoms with van der Waals surface area (Å²) in [5.74, 6) is 0.803. The predicted octanol–water partition coefficient (Wildman–Crippen LogP) is 4.40. The van der Waals surface area contributed by atoms with Gasteiger partial charge in [0.15, 0.2) is 4.80 Å². The van der Waals surface area contributed by atoms with Crippen LogP contribution in [0.3, 0.4) is 0 Å². The number of thiazole rings is 1. The van der Waals surface area contributed by atoms with Gasteiger partial charge in [-0.25, -0.2) is 4.99 Å². The summed E-state index contributed by atoms with van der Waals surface area (Å²) in [6.07, 6.45) is 2.21. The molecule has 0 atom stereocenters. The number of hydrogen-bond acceptors (Lipinski definition) is 5. The van der Waals surface area contributed by atoms with Crippen LogP contribution in [0.5, 0.6) is 5.75 Å². The average Bonchev–Trinajstić information content (AvgIpc) is 3.36. The summed E-state index contributed by atoms with van der Waals surface area (Å²) in [6.45, 7) is 0.594. The molecule has 0 fully saturated rings. The number of rotatable bonds is 5.